The zero-order chi connectivity index (χ0) is 16.2. The van der Waals surface area contributed by atoms with Gasteiger partial charge in [0.05, 0.1) is 16.8 Å². The van der Waals surface area contributed by atoms with Crippen LogP contribution in [-0.2, 0) is 11.8 Å². The van der Waals surface area contributed by atoms with Crippen LogP contribution in [0.3, 0.4) is 0 Å². The molecule has 0 N–H and O–H groups in total. The third kappa shape index (κ3) is 3.99. The lowest BCUT2D eigenvalue weighted by molar-refractivity contribution is -0.127. The van der Waals surface area contributed by atoms with Gasteiger partial charge in [-0.1, -0.05) is 11.8 Å². The lowest BCUT2D eigenvalue weighted by atomic mass is 10.3. The molecular weight excluding hydrogens is 384 g/mol. The first-order chi connectivity index (χ1) is 11.1. The molecule has 1 saturated heterocycles. The van der Waals surface area contributed by atoms with E-state index in [4.69, 9.17) is 4.74 Å². The molecule has 1 atom stereocenters. The predicted octanol–water partition coefficient (Wildman–Crippen LogP) is 1.14. The second-order valence-electron chi connectivity index (χ2n) is 5.03. The number of carbonyl (C=O) groups is 1. The monoisotopic (exact) mass is 398 g/mol. The summed E-state index contributed by atoms with van der Waals surface area (Å²) in [6.07, 6.45) is 2.45. The summed E-state index contributed by atoms with van der Waals surface area (Å²) in [6, 6.07) is 3.71. The highest BCUT2D eigenvalue weighted by molar-refractivity contribution is 9.10. The Bertz CT molecular complexity index is 697. The largest absolute Gasteiger partial charge is 0.472 e. The first-order valence-corrected chi connectivity index (χ1v) is 8.81. The number of amides is 1. The van der Waals surface area contributed by atoms with Crippen LogP contribution in [0, 0.1) is 0 Å². The molecule has 0 bridgehead atoms. The van der Waals surface area contributed by atoms with Crippen LogP contribution >= 0.6 is 27.7 Å². The maximum absolute atomic E-state index is 12.3. The zero-order valence-corrected chi connectivity index (χ0v) is 14.8. The molecule has 122 valence electrons. The van der Waals surface area contributed by atoms with Gasteiger partial charge in [-0.05, 0) is 38.5 Å². The zero-order valence-electron chi connectivity index (χ0n) is 12.4. The molecular formula is C13H15BrN6O2S. The second kappa shape index (κ2) is 7.26. The van der Waals surface area contributed by atoms with Gasteiger partial charge in [-0.15, -0.1) is 5.10 Å². The van der Waals surface area contributed by atoms with Gasteiger partial charge < -0.3 is 9.64 Å². The van der Waals surface area contributed by atoms with Gasteiger partial charge >= 0.3 is 0 Å². The van der Waals surface area contributed by atoms with E-state index < -0.39 is 0 Å². The Morgan fingerprint density at radius 3 is 3.17 bits per heavy atom. The SMILES string of the molecule is Cn1nnnc1SCC(=O)N1CCC(Oc2ncccc2Br)C1. The van der Waals surface area contributed by atoms with E-state index in [9.17, 15) is 4.79 Å². The van der Waals surface area contributed by atoms with Crippen LogP contribution in [0.25, 0.3) is 0 Å². The molecule has 1 aliphatic heterocycles. The highest BCUT2D eigenvalue weighted by Crippen LogP contribution is 2.25. The number of thioether (sulfide) groups is 1. The summed E-state index contributed by atoms with van der Waals surface area (Å²) in [4.78, 5) is 18.3. The van der Waals surface area contributed by atoms with Crippen molar-refractivity contribution in [2.75, 3.05) is 18.8 Å². The highest BCUT2D eigenvalue weighted by atomic mass is 79.9. The van der Waals surface area contributed by atoms with Gasteiger partial charge in [0.1, 0.15) is 6.10 Å². The molecule has 1 amide bonds. The highest BCUT2D eigenvalue weighted by Gasteiger charge is 2.28. The van der Waals surface area contributed by atoms with Crippen molar-refractivity contribution in [2.45, 2.75) is 17.7 Å². The molecule has 0 saturated carbocycles. The molecule has 3 rings (SSSR count). The van der Waals surface area contributed by atoms with Crippen molar-refractivity contribution in [1.29, 1.82) is 0 Å². The number of aromatic nitrogens is 5. The summed E-state index contributed by atoms with van der Waals surface area (Å²) >= 11 is 4.74. The van der Waals surface area contributed by atoms with Gasteiger partial charge in [-0.3, -0.25) is 4.79 Å². The summed E-state index contributed by atoms with van der Waals surface area (Å²) in [7, 11) is 1.75. The van der Waals surface area contributed by atoms with E-state index in [1.807, 2.05) is 12.1 Å². The first-order valence-electron chi connectivity index (χ1n) is 7.03. The Kier molecular flexibility index (Phi) is 5.11. The van der Waals surface area contributed by atoms with Crippen molar-refractivity contribution >= 4 is 33.6 Å². The summed E-state index contributed by atoms with van der Waals surface area (Å²) < 4.78 is 8.22. The summed E-state index contributed by atoms with van der Waals surface area (Å²) in [5.74, 6) is 0.935. The Morgan fingerprint density at radius 1 is 1.57 bits per heavy atom. The van der Waals surface area contributed by atoms with Crippen molar-refractivity contribution in [2.24, 2.45) is 7.05 Å². The maximum atomic E-state index is 12.3. The summed E-state index contributed by atoms with van der Waals surface area (Å²) in [5.41, 5.74) is 0. The van der Waals surface area contributed by atoms with Crippen LogP contribution in [0.4, 0.5) is 0 Å². The maximum Gasteiger partial charge on any atom is 0.233 e. The minimum absolute atomic E-state index is 0.0355. The number of ether oxygens (including phenoxy) is 1. The van der Waals surface area contributed by atoms with Crippen molar-refractivity contribution in [3.8, 4) is 5.88 Å². The van der Waals surface area contributed by atoms with E-state index in [1.165, 1.54) is 11.8 Å². The van der Waals surface area contributed by atoms with Crippen LogP contribution in [0.1, 0.15) is 6.42 Å². The van der Waals surface area contributed by atoms with Crippen LogP contribution in [-0.4, -0.2) is 60.9 Å². The van der Waals surface area contributed by atoms with Crippen LogP contribution in [0.2, 0.25) is 0 Å². The molecule has 8 nitrogen and oxygen atoms in total. The molecule has 1 fully saturated rings. The lowest BCUT2D eigenvalue weighted by Crippen LogP contribution is -2.32. The molecule has 0 aliphatic carbocycles. The van der Waals surface area contributed by atoms with E-state index in [1.54, 1.807) is 22.8 Å². The average Bonchev–Trinajstić information content (AvgIpc) is 3.16. The number of likely N-dealkylation sites (tertiary alicyclic amines) is 1. The Hall–Kier alpha value is -1.68. The predicted molar refractivity (Wildman–Crippen MR) is 87.1 cm³/mol. The quantitative estimate of drug-likeness (QED) is 0.697. The molecule has 1 aliphatic rings. The van der Waals surface area contributed by atoms with Gasteiger partial charge in [0, 0.05) is 26.2 Å². The van der Waals surface area contributed by atoms with Crippen molar-refractivity contribution in [1.82, 2.24) is 30.1 Å². The van der Waals surface area contributed by atoms with Gasteiger partial charge in [0.25, 0.3) is 0 Å². The van der Waals surface area contributed by atoms with Crippen LogP contribution < -0.4 is 4.74 Å². The van der Waals surface area contributed by atoms with E-state index in [0.717, 1.165) is 10.9 Å². The Labute approximate surface area is 145 Å². The lowest BCUT2D eigenvalue weighted by Gasteiger charge is -2.17. The van der Waals surface area contributed by atoms with Crippen molar-refractivity contribution in [3.05, 3.63) is 22.8 Å². The van der Waals surface area contributed by atoms with Crippen molar-refractivity contribution in [3.63, 3.8) is 0 Å². The number of hydrogen-bond acceptors (Lipinski definition) is 7. The molecule has 0 spiro atoms. The Balaban J connectivity index is 1.50. The smallest absolute Gasteiger partial charge is 0.233 e. The Morgan fingerprint density at radius 2 is 2.43 bits per heavy atom. The summed E-state index contributed by atoms with van der Waals surface area (Å²) in [6.45, 7) is 1.26. The van der Waals surface area contributed by atoms with Gasteiger partial charge in [0.15, 0.2) is 0 Å². The van der Waals surface area contributed by atoms with Gasteiger partial charge in [0.2, 0.25) is 16.9 Å². The van der Waals surface area contributed by atoms with Gasteiger partial charge in [-0.25, -0.2) is 9.67 Å². The average molecular weight is 399 g/mol. The van der Waals surface area contributed by atoms with E-state index >= 15 is 0 Å². The number of hydrogen-bond donors (Lipinski definition) is 0. The molecule has 23 heavy (non-hydrogen) atoms. The molecule has 2 aromatic heterocycles. The number of pyridine rings is 1. The molecule has 0 radical (unpaired) electrons. The first kappa shape index (κ1) is 16.2. The number of nitrogens with zero attached hydrogens (tertiary/aromatic N) is 6. The molecule has 3 heterocycles. The minimum Gasteiger partial charge on any atom is -0.472 e. The van der Waals surface area contributed by atoms with Crippen LogP contribution in [0.5, 0.6) is 5.88 Å². The molecule has 2 aromatic rings. The van der Waals surface area contributed by atoms with E-state index in [-0.39, 0.29) is 12.0 Å². The number of tetrazole rings is 1. The fourth-order valence-corrected chi connectivity index (χ4v) is 3.33. The topological polar surface area (TPSA) is 86.0 Å². The molecule has 1 unspecified atom stereocenters. The number of aryl methyl sites for hydroxylation is 1. The molecule has 10 heteroatoms. The third-order valence-electron chi connectivity index (χ3n) is 3.41. The van der Waals surface area contributed by atoms with Crippen molar-refractivity contribution < 1.29 is 9.53 Å². The fourth-order valence-electron chi connectivity index (χ4n) is 2.23. The minimum atomic E-state index is -0.0355. The normalized spacial score (nSPS) is 17.5. The number of carbonyl (C=O) groups excluding carboxylic acids is 1. The third-order valence-corrected chi connectivity index (χ3v) is 5.01. The molecule has 0 aromatic carbocycles. The van der Waals surface area contributed by atoms with E-state index in [2.05, 4.69) is 36.4 Å². The second-order valence-corrected chi connectivity index (χ2v) is 6.83. The van der Waals surface area contributed by atoms with Crippen LogP contribution in [0.15, 0.2) is 28.0 Å². The fraction of sp³-hybridized carbons (Fsp3) is 0.462. The standard InChI is InChI=1S/C13H15BrN6O2S/c1-19-13(16-17-18-19)23-8-11(21)20-6-4-9(7-20)22-12-10(14)3-2-5-15-12/h2-3,5,9H,4,6-8H2,1H3. The van der Waals surface area contributed by atoms with E-state index in [0.29, 0.717) is 29.9 Å². The number of rotatable bonds is 5. The van der Waals surface area contributed by atoms with Gasteiger partial charge in [-0.2, -0.15) is 0 Å². The summed E-state index contributed by atoms with van der Waals surface area (Å²) in [5, 5.41) is 11.8. The number of halogens is 1.